The summed E-state index contributed by atoms with van der Waals surface area (Å²) in [7, 11) is -3.36. The molecule has 2 atom stereocenters. The standard InChI is InChI=1S/C22H27F3N4O3S/c1-33(31,32)28-14-21(15-28,9-10-26)27-11-7-17(8-12-27)29(20(30)22(23,24)25)19-13-18(19)16-5-3-2-4-6-16/h2-6,17-19H,7-9,11-15H2,1H3/t18-,19+/m0/s1. The second kappa shape index (κ2) is 8.56. The largest absolute Gasteiger partial charge is 0.471 e. The number of hydrogen-bond donors (Lipinski definition) is 0. The van der Waals surface area contributed by atoms with Crippen molar-refractivity contribution in [2.45, 2.75) is 55.4 Å². The Morgan fingerprint density at radius 2 is 1.82 bits per heavy atom. The molecule has 1 amide bonds. The van der Waals surface area contributed by atoms with Crippen molar-refractivity contribution >= 4 is 15.9 Å². The van der Waals surface area contributed by atoms with E-state index in [0.717, 1.165) is 16.7 Å². The zero-order chi connectivity index (χ0) is 24.0. The average Bonchev–Trinajstić information content (AvgIpc) is 3.51. The van der Waals surface area contributed by atoms with E-state index in [0.29, 0.717) is 32.4 Å². The molecule has 2 heterocycles. The van der Waals surface area contributed by atoms with Crippen LogP contribution in [0.25, 0.3) is 0 Å². The van der Waals surface area contributed by atoms with E-state index in [4.69, 9.17) is 0 Å². The van der Waals surface area contributed by atoms with E-state index in [1.54, 1.807) is 0 Å². The second-order valence-corrected chi connectivity index (χ2v) is 11.3. The molecule has 0 radical (unpaired) electrons. The molecule has 0 N–H and O–H groups in total. The Morgan fingerprint density at radius 1 is 1.21 bits per heavy atom. The summed E-state index contributed by atoms with van der Waals surface area (Å²) >= 11 is 0. The fraction of sp³-hybridized carbons (Fsp3) is 0.636. The molecule has 7 nitrogen and oxygen atoms in total. The van der Waals surface area contributed by atoms with Gasteiger partial charge in [-0.1, -0.05) is 30.3 Å². The number of nitrogens with zero attached hydrogens (tertiary/aromatic N) is 4. The van der Waals surface area contributed by atoms with Crippen molar-refractivity contribution in [1.29, 1.82) is 5.26 Å². The third-order valence-electron chi connectivity index (χ3n) is 7.17. The SMILES string of the molecule is CS(=O)(=O)N1CC(CC#N)(N2CCC(N(C(=O)C(F)(F)F)[C@@H]3C[C@H]3c3ccccc3)CC2)C1. The van der Waals surface area contributed by atoms with E-state index in [1.165, 1.54) is 4.31 Å². The predicted molar refractivity (Wildman–Crippen MR) is 114 cm³/mol. The number of halogens is 3. The fourth-order valence-electron chi connectivity index (χ4n) is 5.31. The summed E-state index contributed by atoms with van der Waals surface area (Å²) in [6, 6.07) is 10.4. The zero-order valence-electron chi connectivity index (χ0n) is 18.3. The molecule has 0 bridgehead atoms. The summed E-state index contributed by atoms with van der Waals surface area (Å²) in [6.07, 6.45) is -2.46. The monoisotopic (exact) mass is 484 g/mol. The Hall–Kier alpha value is -2.16. The Bertz CT molecular complexity index is 1030. The van der Waals surface area contributed by atoms with Crippen molar-refractivity contribution in [2.24, 2.45) is 0 Å². The number of rotatable bonds is 6. The van der Waals surface area contributed by atoms with Gasteiger partial charge in [-0.25, -0.2) is 8.42 Å². The summed E-state index contributed by atoms with van der Waals surface area (Å²) in [5.41, 5.74) is 0.316. The number of piperidine rings is 1. The molecule has 0 spiro atoms. The lowest BCUT2D eigenvalue weighted by Crippen LogP contribution is -2.72. The summed E-state index contributed by atoms with van der Waals surface area (Å²) < 4.78 is 65.3. The van der Waals surface area contributed by atoms with Crippen LogP contribution in [0.5, 0.6) is 0 Å². The van der Waals surface area contributed by atoms with Crippen LogP contribution < -0.4 is 0 Å². The van der Waals surface area contributed by atoms with Gasteiger partial charge in [0.25, 0.3) is 0 Å². The quantitative estimate of drug-likeness (QED) is 0.619. The van der Waals surface area contributed by atoms with E-state index in [-0.39, 0.29) is 25.4 Å². The molecule has 1 aromatic rings. The lowest BCUT2D eigenvalue weighted by molar-refractivity contribution is -0.190. The molecular weight excluding hydrogens is 457 g/mol. The maximum Gasteiger partial charge on any atom is 0.471 e. The third kappa shape index (κ3) is 4.74. The summed E-state index contributed by atoms with van der Waals surface area (Å²) in [5.74, 6) is -1.89. The molecule has 4 rings (SSSR count). The number of hydrogen-bond acceptors (Lipinski definition) is 5. The second-order valence-electron chi connectivity index (χ2n) is 9.34. The molecule has 11 heteroatoms. The van der Waals surface area contributed by atoms with Crippen LogP contribution in [-0.2, 0) is 14.8 Å². The highest BCUT2D eigenvalue weighted by Crippen LogP contribution is 2.48. The van der Waals surface area contributed by atoms with Gasteiger partial charge in [-0.2, -0.15) is 22.7 Å². The van der Waals surface area contributed by atoms with Crippen molar-refractivity contribution < 1.29 is 26.4 Å². The first-order chi connectivity index (χ1) is 15.5. The number of likely N-dealkylation sites (tertiary alicyclic amines) is 1. The number of alkyl halides is 3. The molecule has 2 aliphatic heterocycles. The molecule has 1 aromatic carbocycles. The number of carbonyl (C=O) groups excluding carboxylic acids is 1. The van der Waals surface area contributed by atoms with Gasteiger partial charge in [0.1, 0.15) is 0 Å². The van der Waals surface area contributed by atoms with Crippen molar-refractivity contribution in [1.82, 2.24) is 14.1 Å². The molecular formula is C22H27F3N4O3S. The molecule has 0 unspecified atom stereocenters. The molecule has 180 valence electrons. The van der Waals surface area contributed by atoms with Crippen LogP contribution in [0.15, 0.2) is 30.3 Å². The van der Waals surface area contributed by atoms with Gasteiger partial charge in [0.05, 0.1) is 24.3 Å². The zero-order valence-corrected chi connectivity index (χ0v) is 19.1. The smallest absolute Gasteiger partial charge is 0.328 e. The van der Waals surface area contributed by atoms with E-state index in [2.05, 4.69) is 6.07 Å². The highest BCUT2D eigenvalue weighted by molar-refractivity contribution is 7.88. The van der Waals surface area contributed by atoms with Crippen molar-refractivity contribution in [2.75, 3.05) is 32.4 Å². The number of amides is 1. The van der Waals surface area contributed by atoms with Gasteiger partial charge in [-0.15, -0.1) is 0 Å². The molecule has 0 aromatic heterocycles. The fourth-order valence-corrected chi connectivity index (χ4v) is 6.26. The highest BCUT2D eigenvalue weighted by atomic mass is 32.2. The van der Waals surface area contributed by atoms with Gasteiger partial charge in [0.15, 0.2) is 0 Å². The van der Waals surface area contributed by atoms with E-state index < -0.39 is 39.7 Å². The number of nitriles is 1. The predicted octanol–water partition coefficient (Wildman–Crippen LogP) is 2.33. The number of carbonyl (C=O) groups is 1. The Kier molecular flexibility index (Phi) is 6.22. The minimum Gasteiger partial charge on any atom is -0.328 e. The highest BCUT2D eigenvalue weighted by Gasteiger charge is 2.56. The molecule has 2 saturated heterocycles. The maximum absolute atomic E-state index is 13.5. The van der Waals surface area contributed by atoms with Gasteiger partial charge < -0.3 is 4.90 Å². The normalized spacial score (nSPS) is 26.3. The van der Waals surface area contributed by atoms with Gasteiger partial charge in [-0.3, -0.25) is 9.69 Å². The summed E-state index contributed by atoms with van der Waals surface area (Å²) in [5, 5.41) is 9.29. The lowest BCUT2D eigenvalue weighted by Gasteiger charge is -2.56. The molecule has 1 aliphatic carbocycles. The van der Waals surface area contributed by atoms with Crippen LogP contribution in [-0.4, -0.2) is 84.7 Å². The van der Waals surface area contributed by atoms with E-state index in [9.17, 15) is 31.6 Å². The Balaban J connectivity index is 1.46. The van der Waals surface area contributed by atoms with Gasteiger partial charge in [0.2, 0.25) is 10.0 Å². The van der Waals surface area contributed by atoms with Crippen molar-refractivity contribution in [3.63, 3.8) is 0 Å². The van der Waals surface area contributed by atoms with Crippen LogP contribution in [0.1, 0.15) is 37.2 Å². The maximum atomic E-state index is 13.5. The molecule has 3 fully saturated rings. The third-order valence-corrected chi connectivity index (χ3v) is 8.36. The first-order valence-electron chi connectivity index (χ1n) is 11.0. The van der Waals surface area contributed by atoms with Crippen LogP contribution in [0.2, 0.25) is 0 Å². The molecule has 1 saturated carbocycles. The van der Waals surface area contributed by atoms with Crippen molar-refractivity contribution in [3.8, 4) is 6.07 Å². The number of sulfonamides is 1. The molecule has 3 aliphatic rings. The van der Waals surface area contributed by atoms with E-state index >= 15 is 0 Å². The minimum atomic E-state index is -4.94. The molecule has 33 heavy (non-hydrogen) atoms. The van der Waals surface area contributed by atoms with Gasteiger partial charge >= 0.3 is 12.1 Å². The van der Waals surface area contributed by atoms with Gasteiger partial charge in [-0.05, 0) is 24.8 Å². The average molecular weight is 485 g/mol. The topological polar surface area (TPSA) is 84.7 Å². The first kappa shape index (κ1) is 24.0. The lowest BCUT2D eigenvalue weighted by atomic mass is 9.84. The first-order valence-corrected chi connectivity index (χ1v) is 12.8. The summed E-state index contributed by atoms with van der Waals surface area (Å²) in [4.78, 5) is 15.5. The number of benzene rings is 1. The van der Waals surface area contributed by atoms with Crippen LogP contribution >= 0.6 is 0 Å². The van der Waals surface area contributed by atoms with Crippen molar-refractivity contribution in [3.05, 3.63) is 35.9 Å². The minimum absolute atomic E-state index is 0.101. The van der Waals surface area contributed by atoms with Crippen LogP contribution in [0.3, 0.4) is 0 Å². The Labute approximate surface area is 191 Å². The van der Waals surface area contributed by atoms with Crippen LogP contribution in [0, 0.1) is 11.3 Å². The Morgan fingerprint density at radius 3 is 2.33 bits per heavy atom. The summed E-state index contributed by atoms with van der Waals surface area (Å²) in [6.45, 7) is 1.23. The van der Waals surface area contributed by atoms with Gasteiger partial charge in [0, 0.05) is 44.2 Å². The van der Waals surface area contributed by atoms with Crippen LogP contribution in [0.4, 0.5) is 13.2 Å². The van der Waals surface area contributed by atoms with E-state index in [1.807, 2.05) is 35.2 Å².